The van der Waals surface area contributed by atoms with Gasteiger partial charge in [-0.3, -0.25) is 0 Å². The highest BCUT2D eigenvalue weighted by molar-refractivity contribution is 7.98. The molecule has 0 heterocycles. The highest BCUT2D eigenvalue weighted by atomic mass is 32.2. The van der Waals surface area contributed by atoms with Crippen molar-refractivity contribution in [2.75, 3.05) is 12.4 Å². The fraction of sp³-hybridized carbons (Fsp3) is 0.200. The Balaban J connectivity index is 1.34. The maximum absolute atomic E-state index is 12.4. The molecule has 164 valence electrons. The fourth-order valence-corrected chi connectivity index (χ4v) is 4.89. The van der Waals surface area contributed by atoms with Crippen molar-refractivity contribution in [1.82, 2.24) is 5.32 Å². The number of aliphatic carboxylic acids is 1. The first-order valence-corrected chi connectivity index (χ1v) is 11.4. The van der Waals surface area contributed by atoms with E-state index >= 15 is 0 Å². The lowest BCUT2D eigenvalue weighted by Crippen LogP contribution is -2.43. The second kappa shape index (κ2) is 9.78. The van der Waals surface area contributed by atoms with E-state index < -0.39 is 18.1 Å². The van der Waals surface area contributed by atoms with Gasteiger partial charge in [0.2, 0.25) is 0 Å². The Morgan fingerprint density at radius 2 is 1.62 bits per heavy atom. The number of amides is 1. The number of ether oxygens (including phenoxy) is 1. The molecular weight excluding hydrogens is 426 g/mol. The average Bonchev–Trinajstić information content (AvgIpc) is 3.11. The van der Waals surface area contributed by atoms with Gasteiger partial charge in [-0.15, -0.1) is 0 Å². The Bertz CT molecular complexity index is 1090. The van der Waals surface area contributed by atoms with Crippen molar-refractivity contribution in [2.24, 2.45) is 0 Å². The molecule has 0 bridgehead atoms. The standard InChI is InChI=1S/C25H23NO5S/c27-17-7-5-6-16(12-17)14-32-15-23(24(28)29)26-25(30)31-13-22-20-10-3-1-8-18(20)19-9-2-4-11-21(19)22/h1-12,22-23,27H,13-15H2,(H,26,30)(H,28,29). The third kappa shape index (κ3) is 4.89. The van der Waals surface area contributed by atoms with Crippen LogP contribution in [-0.4, -0.2) is 40.7 Å². The van der Waals surface area contributed by atoms with Crippen LogP contribution >= 0.6 is 11.8 Å². The Hall–Kier alpha value is -3.45. The molecule has 0 saturated heterocycles. The van der Waals surface area contributed by atoms with Gasteiger partial charge in [-0.2, -0.15) is 11.8 Å². The Labute approximate surface area is 190 Å². The zero-order chi connectivity index (χ0) is 22.5. The number of carbonyl (C=O) groups excluding carboxylic acids is 1. The topological polar surface area (TPSA) is 95.9 Å². The lowest BCUT2D eigenvalue weighted by atomic mass is 9.98. The minimum atomic E-state index is -1.12. The molecule has 3 N–H and O–H groups in total. The summed E-state index contributed by atoms with van der Waals surface area (Å²) in [5, 5.41) is 21.5. The second-order valence-electron chi connectivity index (χ2n) is 7.55. The number of hydrogen-bond donors (Lipinski definition) is 3. The Morgan fingerprint density at radius 1 is 0.969 bits per heavy atom. The van der Waals surface area contributed by atoms with E-state index in [-0.39, 0.29) is 24.0 Å². The maximum atomic E-state index is 12.4. The molecule has 1 unspecified atom stereocenters. The van der Waals surface area contributed by atoms with E-state index in [1.165, 1.54) is 11.8 Å². The Morgan fingerprint density at radius 3 is 2.25 bits per heavy atom. The lowest BCUT2D eigenvalue weighted by Gasteiger charge is -2.17. The summed E-state index contributed by atoms with van der Waals surface area (Å²) in [4.78, 5) is 24.0. The highest BCUT2D eigenvalue weighted by Gasteiger charge is 2.29. The van der Waals surface area contributed by atoms with Gasteiger partial charge in [0.05, 0.1) is 0 Å². The quantitative estimate of drug-likeness (QED) is 0.465. The number of nitrogens with one attached hydrogen (secondary N) is 1. The van der Waals surface area contributed by atoms with E-state index in [4.69, 9.17) is 4.74 Å². The van der Waals surface area contributed by atoms with E-state index in [9.17, 15) is 19.8 Å². The number of phenols is 1. The minimum absolute atomic E-state index is 0.0865. The summed E-state index contributed by atoms with van der Waals surface area (Å²) in [6.45, 7) is 0.128. The molecule has 1 atom stereocenters. The molecule has 4 rings (SSSR count). The first kappa shape index (κ1) is 21.8. The van der Waals surface area contributed by atoms with Gasteiger partial charge in [0.25, 0.3) is 0 Å². The third-order valence-corrected chi connectivity index (χ3v) is 6.50. The van der Waals surface area contributed by atoms with Gasteiger partial charge < -0.3 is 20.3 Å². The summed E-state index contributed by atoms with van der Waals surface area (Å²) >= 11 is 1.36. The maximum Gasteiger partial charge on any atom is 0.407 e. The first-order chi connectivity index (χ1) is 15.5. The summed E-state index contributed by atoms with van der Waals surface area (Å²) in [7, 11) is 0. The zero-order valence-electron chi connectivity index (χ0n) is 17.2. The average molecular weight is 450 g/mol. The van der Waals surface area contributed by atoms with Crippen LogP contribution in [0.25, 0.3) is 11.1 Å². The van der Waals surface area contributed by atoms with E-state index in [2.05, 4.69) is 17.4 Å². The van der Waals surface area contributed by atoms with Crippen molar-refractivity contribution in [2.45, 2.75) is 17.7 Å². The first-order valence-electron chi connectivity index (χ1n) is 10.2. The van der Waals surface area contributed by atoms with Crippen LogP contribution in [0, 0.1) is 0 Å². The van der Waals surface area contributed by atoms with Crippen LogP contribution in [0.15, 0.2) is 72.8 Å². The molecule has 1 amide bonds. The molecule has 7 heteroatoms. The van der Waals surface area contributed by atoms with Crippen LogP contribution in [0.3, 0.4) is 0 Å². The molecule has 1 aliphatic rings. The Kier molecular flexibility index (Phi) is 6.66. The van der Waals surface area contributed by atoms with Crippen LogP contribution in [0.5, 0.6) is 5.75 Å². The number of hydrogen-bond acceptors (Lipinski definition) is 5. The van der Waals surface area contributed by atoms with Gasteiger partial charge in [-0.05, 0) is 39.9 Å². The highest BCUT2D eigenvalue weighted by Crippen LogP contribution is 2.44. The van der Waals surface area contributed by atoms with Gasteiger partial charge in [-0.1, -0.05) is 60.7 Å². The van der Waals surface area contributed by atoms with Gasteiger partial charge >= 0.3 is 12.1 Å². The van der Waals surface area contributed by atoms with Crippen molar-refractivity contribution in [3.63, 3.8) is 0 Å². The number of thioether (sulfide) groups is 1. The molecule has 6 nitrogen and oxygen atoms in total. The molecule has 0 aliphatic heterocycles. The molecule has 3 aromatic carbocycles. The lowest BCUT2D eigenvalue weighted by molar-refractivity contribution is -0.138. The summed E-state index contributed by atoms with van der Waals surface area (Å²) in [6.07, 6.45) is -0.753. The van der Waals surface area contributed by atoms with E-state index in [0.717, 1.165) is 27.8 Å². The molecule has 32 heavy (non-hydrogen) atoms. The van der Waals surface area contributed by atoms with Crippen LogP contribution < -0.4 is 5.32 Å². The molecule has 0 spiro atoms. The normalized spacial score (nSPS) is 13.1. The van der Waals surface area contributed by atoms with Gasteiger partial charge in [0, 0.05) is 17.4 Å². The SMILES string of the molecule is O=C(NC(CSCc1cccc(O)c1)C(=O)O)OCC1c2ccccc2-c2ccccc21. The summed E-state index contributed by atoms with van der Waals surface area (Å²) in [6, 6.07) is 21.8. The number of rotatable bonds is 8. The van der Waals surface area contributed by atoms with Crippen LogP contribution in [-0.2, 0) is 15.3 Å². The van der Waals surface area contributed by atoms with Crippen LogP contribution in [0.2, 0.25) is 0 Å². The van der Waals surface area contributed by atoms with Gasteiger partial charge in [0.1, 0.15) is 18.4 Å². The number of carboxylic acid groups (broad SMARTS) is 1. The molecule has 0 radical (unpaired) electrons. The van der Waals surface area contributed by atoms with Gasteiger partial charge in [0.15, 0.2) is 0 Å². The number of benzene rings is 3. The number of carboxylic acids is 1. The van der Waals surface area contributed by atoms with Crippen LogP contribution in [0.4, 0.5) is 4.79 Å². The molecule has 0 aromatic heterocycles. The molecule has 0 saturated carbocycles. The van der Waals surface area contributed by atoms with Crippen molar-refractivity contribution < 1.29 is 24.5 Å². The van der Waals surface area contributed by atoms with Crippen molar-refractivity contribution in [1.29, 1.82) is 0 Å². The molecular formula is C25H23NO5S. The van der Waals surface area contributed by atoms with Crippen molar-refractivity contribution in [3.05, 3.63) is 89.5 Å². The predicted octanol–water partition coefficient (Wildman–Crippen LogP) is 4.62. The molecule has 1 aliphatic carbocycles. The predicted molar refractivity (Wildman–Crippen MR) is 124 cm³/mol. The summed E-state index contributed by atoms with van der Waals surface area (Å²) in [5.41, 5.74) is 5.32. The largest absolute Gasteiger partial charge is 0.508 e. The summed E-state index contributed by atoms with van der Waals surface area (Å²) < 4.78 is 5.44. The van der Waals surface area contributed by atoms with Crippen molar-refractivity contribution >= 4 is 23.8 Å². The van der Waals surface area contributed by atoms with E-state index in [1.807, 2.05) is 42.5 Å². The zero-order valence-corrected chi connectivity index (χ0v) is 18.0. The number of phenolic OH excluding ortho intramolecular Hbond substituents is 1. The number of aromatic hydroxyl groups is 1. The molecule has 0 fully saturated rings. The fourth-order valence-electron chi connectivity index (χ4n) is 3.90. The second-order valence-corrected chi connectivity index (χ2v) is 8.58. The summed E-state index contributed by atoms with van der Waals surface area (Å²) in [5.74, 6) is -0.354. The van der Waals surface area contributed by atoms with E-state index in [0.29, 0.717) is 5.75 Å². The number of fused-ring (bicyclic) bond motifs is 3. The number of carbonyl (C=O) groups is 2. The smallest absolute Gasteiger partial charge is 0.407 e. The third-order valence-electron chi connectivity index (χ3n) is 5.40. The number of alkyl carbamates (subject to hydrolysis) is 1. The van der Waals surface area contributed by atoms with Gasteiger partial charge in [-0.25, -0.2) is 9.59 Å². The van der Waals surface area contributed by atoms with Crippen molar-refractivity contribution in [3.8, 4) is 16.9 Å². The molecule has 3 aromatic rings. The van der Waals surface area contributed by atoms with E-state index in [1.54, 1.807) is 18.2 Å². The minimum Gasteiger partial charge on any atom is -0.508 e. The monoisotopic (exact) mass is 449 g/mol. The van der Waals surface area contributed by atoms with Crippen LogP contribution in [0.1, 0.15) is 22.6 Å².